The van der Waals surface area contributed by atoms with Gasteiger partial charge in [0.1, 0.15) is 11.6 Å². The molecule has 4 rings (SSSR count). The number of benzene rings is 1. The van der Waals surface area contributed by atoms with Crippen LogP contribution in [0.25, 0.3) is 0 Å². The molecule has 1 heterocycles. The Morgan fingerprint density at radius 1 is 1.29 bits per heavy atom. The maximum atomic E-state index is 13.9. The summed E-state index contributed by atoms with van der Waals surface area (Å²) in [5.41, 5.74) is 0.735. The number of rotatable bonds is 3. The minimum absolute atomic E-state index is 0.0830. The number of hydrogen-bond acceptors (Lipinski definition) is 1. The first-order valence-electron chi connectivity index (χ1n) is 9.12. The average molecular weight is 333 g/mol. The molecule has 1 aliphatic heterocycles. The molecular formula is C19H25F2N3. The van der Waals surface area contributed by atoms with Gasteiger partial charge in [0.05, 0.1) is 0 Å². The Hall–Kier alpha value is -1.65. The first kappa shape index (κ1) is 15.9. The van der Waals surface area contributed by atoms with Gasteiger partial charge in [-0.25, -0.2) is 8.78 Å². The second-order valence-electron chi connectivity index (χ2n) is 7.55. The Morgan fingerprint density at radius 2 is 2.04 bits per heavy atom. The molecule has 130 valence electrons. The molecule has 0 bridgehead atoms. The second-order valence-corrected chi connectivity index (χ2v) is 7.55. The zero-order valence-electron chi connectivity index (χ0n) is 14.2. The largest absolute Gasteiger partial charge is 0.353 e. The fourth-order valence-electron chi connectivity index (χ4n) is 4.29. The van der Waals surface area contributed by atoms with E-state index in [9.17, 15) is 8.78 Å². The molecule has 1 saturated heterocycles. The lowest BCUT2D eigenvalue weighted by Gasteiger charge is -2.38. The third-order valence-electron chi connectivity index (χ3n) is 5.94. The quantitative estimate of drug-likeness (QED) is 0.675. The first-order valence-corrected chi connectivity index (χ1v) is 9.12. The fourth-order valence-corrected chi connectivity index (χ4v) is 4.29. The van der Waals surface area contributed by atoms with E-state index in [0.29, 0.717) is 5.41 Å². The minimum atomic E-state index is -0.437. The summed E-state index contributed by atoms with van der Waals surface area (Å²) in [6.07, 6.45) is 6.01. The van der Waals surface area contributed by atoms with Crippen LogP contribution in [0.4, 0.5) is 8.78 Å². The number of aliphatic imine (C=N–C) groups is 1. The van der Waals surface area contributed by atoms with Crippen molar-refractivity contribution in [2.24, 2.45) is 10.4 Å². The van der Waals surface area contributed by atoms with E-state index < -0.39 is 11.6 Å². The highest BCUT2D eigenvalue weighted by Gasteiger charge is 2.46. The van der Waals surface area contributed by atoms with Gasteiger partial charge in [0.25, 0.3) is 0 Å². The highest BCUT2D eigenvalue weighted by Crippen LogP contribution is 2.48. The van der Waals surface area contributed by atoms with Crippen LogP contribution in [0.5, 0.6) is 0 Å². The van der Waals surface area contributed by atoms with Crippen molar-refractivity contribution in [3.05, 3.63) is 35.4 Å². The molecule has 1 aromatic rings. The van der Waals surface area contributed by atoms with E-state index in [-0.39, 0.29) is 17.5 Å². The van der Waals surface area contributed by atoms with E-state index in [1.807, 2.05) is 6.92 Å². The van der Waals surface area contributed by atoms with Crippen molar-refractivity contribution in [1.29, 1.82) is 0 Å². The molecule has 0 amide bonds. The molecule has 1 N–H and O–H groups in total. The van der Waals surface area contributed by atoms with Crippen LogP contribution < -0.4 is 5.32 Å². The van der Waals surface area contributed by atoms with Crippen molar-refractivity contribution in [3.63, 3.8) is 0 Å². The molecule has 3 aliphatic rings. The van der Waals surface area contributed by atoms with Crippen molar-refractivity contribution >= 4 is 5.96 Å². The monoisotopic (exact) mass is 333 g/mol. The molecule has 1 spiro atoms. The first-order chi connectivity index (χ1) is 11.6. The Balaban J connectivity index is 1.43. The lowest BCUT2D eigenvalue weighted by molar-refractivity contribution is 0.151. The Kier molecular flexibility index (Phi) is 3.97. The van der Waals surface area contributed by atoms with E-state index in [1.54, 1.807) is 0 Å². The smallest absolute Gasteiger partial charge is 0.194 e. The maximum absolute atomic E-state index is 13.9. The van der Waals surface area contributed by atoms with Gasteiger partial charge in [-0.05, 0) is 50.2 Å². The van der Waals surface area contributed by atoms with Crippen LogP contribution in [-0.2, 0) is 0 Å². The molecule has 3 nitrogen and oxygen atoms in total. The Labute approximate surface area is 142 Å². The third-order valence-corrected chi connectivity index (χ3v) is 5.94. The number of likely N-dealkylation sites (tertiary alicyclic amines) is 1. The Morgan fingerprint density at radius 3 is 2.62 bits per heavy atom. The van der Waals surface area contributed by atoms with Gasteiger partial charge >= 0.3 is 0 Å². The highest BCUT2D eigenvalue weighted by molar-refractivity contribution is 5.81. The van der Waals surface area contributed by atoms with Crippen molar-refractivity contribution in [2.75, 3.05) is 19.6 Å². The average Bonchev–Trinajstić information content (AvgIpc) is 3.10. The molecule has 2 atom stereocenters. The summed E-state index contributed by atoms with van der Waals surface area (Å²) in [5, 5.41) is 3.47. The lowest BCUT2D eigenvalue weighted by Crippen LogP contribution is -2.43. The van der Waals surface area contributed by atoms with Crippen LogP contribution in [0.1, 0.15) is 50.5 Å². The van der Waals surface area contributed by atoms with Crippen molar-refractivity contribution in [1.82, 2.24) is 10.2 Å². The van der Waals surface area contributed by atoms with Gasteiger partial charge in [0, 0.05) is 37.2 Å². The van der Waals surface area contributed by atoms with Crippen molar-refractivity contribution in [3.8, 4) is 0 Å². The fraction of sp³-hybridized carbons (Fsp3) is 0.632. The summed E-state index contributed by atoms with van der Waals surface area (Å²) < 4.78 is 27.9. The normalized spacial score (nSPS) is 28.1. The number of hydrogen-bond donors (Lipinski definition) is 1. The molecule has 2 aliphatic carbocycles. The predicted octanol–water partition coefficient (Wildman–Crippen LogP) is 3.66. The molecule has 0 radical (unpaired) electrons. The van der Waals surface area contributed by atoms with Crippen LogP contribution in [0, 0.1) is 17.0 Å². The SMILES string of the molecule is CCN=C(NC1CC1c1c(F)cccc1F)N1CCC2(CCC2)C1. The summed E-state index contributed by atoms with van der Waals surface area (Å²) in [7, 11) is 0. The summed E-state index contributed by atoms with van der Waals surface area (Å²) >= 11 is 0. The van der Waals surface area contributed by atoms with Crippen molar-refractivity contribution < 1.29 is 8.78 Å². The van der Waals surface area contributed by atoms with Gasteiger partial charge in [-0.15, -0.1) is 0 Å². The van der Waals surface area contributed by atoms with Gasteiger partial charge in [-0.2, -0.15) is 0 Å². The van der Waals surface area contributed by atoms with Crippen LogP contribution in [0.3, 0.4) is 0 Å². The van der Waals surface area contributed by atoms with E-state index in [2.05, 4.69) is 15.2 Å². The van der Waals surface area contributed by atoms with Crippen LogP contribution in [0.15, 0.2) is 23.2 Å². The topological polar surface area (TPSA) is 27.6 Å². The number of nitrogens with one attached hydrogen (secondary N) is 1. The third kappa shape index (κ3) is 2.78. The minimum Gasteiger partial charge on any atom is -0.353 e. The summed E-state index contributed by atoms with van der Waals surface area (Å²) in [4.78, 5) is 6.97. The molecular weight excluding hydrogens is 308 g/mol. The number of halogens is 2. The highest BCUT2D eigenvalue weighted by atomic mass is 19.1. The lowest BCUT2D eigenvalue weighted by atomic mass is 9.68. The van der Waals surface area contributed by atoms with E-state index in [4.69, 9.17) is 0 Å². The molecule has 0 aromatic heterocycles. The standard InChI is InChI=1S/C19H25F2N3/c1-2-22-18(24-10-9-19(12-24)7-4-8-19)23-16-11-13(16)17-14(20)5-3-6-15(17)21/h3,5-6,13,16H,2,4,7-12H2,1H3,(H,22,23). The second kappa shape index (κ2) is 6.01. The zero-order valence-corrected chi connectivity index (χ0v) is 14.2. The van der Waals surface area contributed by atoms with Crippen molar-refractivity contribution in [2.45, 2.75) is 51.0 Å². The zero-order chi connectivity index (χ0) is 16.7. The molecule has 5 heteroatoms. The van der Waals surface area contributed by atoms with Gasteiger partial charge in [0.2, 0.25) is 0 Å². The van der Waals surface area contributed by atoms with Crippen LogP contribution >= 0.6 is 0 Å². The molecule has 2 unspecified atom stereocenters. The van der Waals surface area contributed by atoms with Crippen LogP contribution in [-0.4, -0.2) is 36.5 Å². The van der Waals surface area contributed by atoms with Gasteiger partial charge in [-0.3, -0.25) is 4.99 Å². The Bertz CT molecular complexity index is 634. The van der Waals surface area contributed by atoms with E-state index >= 15 is 0 Å². The van der Waals surface area contributed by atoms with Gasteiger partial charge in [0.15, 0.2) is 5.96 Å². The summed E-state index contributed by atoms with van der Waals surface area (Å²) in [6, 6.07) is 4.19. The predicted molar refractivity (Wildman–Crippen MR) is 91.1 cm³/mol. The van der Waals surface area contributed by atoms with Crippen LogP contribution in [0.2, 0.25) is 0 Å². The summed E-state index contributed by atoms with van der Waals surface area (Å²) in [5.74, 6) is -0.0419. The van der Waals surface area contributed by atoms with Gasteiger partial charge in [-0.1, -0.05) is 12.5 Å². The molecule has 24 heavy (non-hydrogen) atoms. The molecule has 3 fully saturated rings. The number of guanidine groups is 1. The van der Waals surface area contributed by atoms with E-state index in [1.165, 1.54) is 43.9 Å². The molecule has 1 aromatic carbocycles. The summed E-state index contributed by atoms with van der Waals surface area (Å²) in [6.45, 7) is 4.86. The number of nitrogens with zero attached hydrogens (tertiary/aromatic N) is 2. The maximum Gasteiger partial charge on any atom is 0.194 e. The van der Waals surface area contributed by atoms with E-state index in [0.717, 1.165) is 32.0 Å². The van der Waals surface area contributed by atoms with Gasteiger partial charge < -0.3 is 10.2 Å². The molecule has 2 saturated carbocycles.